The molecule has 0 heterocycles. The zero-order valence-electron chi connectivity index (χ0n) is 11.2. The molecule has 5 heteroatoms. The molecular weight excluding hydrogens is 286 g/mol. The minimum atomic E-state index is -2.23. The highest BCUT2D eigenvalue weighted by Gasteiger charge is 2.32. The Bertz CT molecular complexity index is 457. The van der Waals surface area contributed by atoms with Crippen LogP contribution in [-0.2, 0) is 22.9 Å². The van der Waals surface area contributed by atoms with Crippen LogP contribution < -0.4 is 0 Å². The van der Waals surface area contributed by atoms with Crippen molar-refractivity contribution in [1.29, 1.82) is 0 Å². The van der Waals surface area contributed by atoms with E-state index in [1.807, 2.05) is 0 Å². The van der Waals surface area contributed by atoms with Gasteiger partial charge in [-0.1, -0.05) is 57.7 Å². The number of hydrogen-bond acceptors (Lipinski definition) is 2. The molecule has 1 aromatic carbocycles. The molecule has 0 saturated heterocycles. The van der Waals surface area contributed by atoms with Crippen LogP contribution >= 0.6 is 17.7 Å². The van der Waals surface area contributed by atoms with Crippen molar-refractivity contribution in [3.63, 3.8) is 0 Å². The third-order valence-electron chi connectivity index (χ3n) is 3.11. The summed E-state index contributed by atoms with van der Waals surface area (Å²) in [7, 11) is 0. The maximum atomic E-state index is 13.5. The molecule has 0 N–H and O–H groups in total. The van der Waals surface area contributed by atoms with Gasteiger partial charge in [0.25, 0.3) is 0 Å². The fourth-order valence-corrected chi connectivity index (χ4v) is 5.22. The summed E-state index contributed by atoms with van der Waals surface area (Å²) in [5.41, 5.74) is -1.50. The highest BCUT2D eigenvalue weighted by atomic mass is 32.9. The number of thiol groups is 1. The van der Waals surface area contributed by atoms with Crippen molar-refractivity contribution in [3.8, 4) is 0 Å². The fourth-order valence-electron chi connectivity index (χ4n) is 1.38. The first-order chi connectivity index (χ1) is 8.14. The van der Waals surface area contributed by atoms with E-state index in [4.69, 9.17) is 16.3 Å². The lowest BCUT2D eigenvalue weighted by molar-refractivity contribution is 0.314. The molecular formula is C13H20FOPS2. The third-order valence-corrected chi connectivity index (χ3v) is 8.01. The predicted octanol–water partition coefficient (Wildman–Crippen LogP) is 5.02. The lowest BCUT2D eigenvalue weighted by Gasteiger charge is -2.34. The van der Waals surface area contributed by atoms with Gasteiger partial charge < -0.3 is 4.52 Å². The Morgan fingerprint density at radius 3 is 2.44 bits per heavy atom. The lowest BCUT2D eigenvalue weighted by atomic mass is 9.93. The zero-order valence-corrected chi connectivity index (χ0v) is 13.8. The van der Waals surface area contributed by atoms with Crippen LogP contribution in [0.4, 0.5) is 4.39 Å². The molecule has 0 fully saturated rings. The molecule has 2 atom stereocenters. The molecule has 0 aromatic heterocycles. The van der Waals surface area contributed by atoms with E-state index >= 15 is 0 Å². The average molecular weight is 306 g/mol. The Kier molecular flexibility index (Phi) is 5.43. The molecule has 0 radical (unpaired) electrons. The quantitative estimate of drug-likeness (QED) is 0.618. The molecule has 0 aliphatic carbocycles. The Morgan fingerprint density at radius 2 is 1.94 bits per heavy atom. The van der Waals surface area contributed by atoms with Crippen LogP contribution in [0.1, 0.15) is 33.3 Å². The second kappa shape index (κ2) is 6.04. The van der Waals surface area contributed by atoms with E-state index in [1.165, 1.54) is 6.07 Å². The van der Waals surface area contributed by atoms with Crippen molar-refractivity contribution < 1.29 is 8.91 Å². The van der Waals surface area contributed by atoms with Gasteiger partial charge >= 0.3 is 0 Å². The van der Waals surface area contributed by atoms with Gasteiger partial charge in [-0.2, -0.15) is 0 Å². The standard InChI is InChI=1S/C13H20FOPS2/c1-10(13(2,3)4)16(17,18)15-9-11-7-5-6-8-12(11)14/h5-8,10H,9H2,1-4H3,(H,17,18)/t10-/m0/s1. The van der Waals surface area contributed by atoms with E-state index in [1.54, 1.807) is 18.2 Å². The second-order valence-electron chi connectivity index (χ2n) is 5.47. The topological polar surface area (TPSA) is 9.23 Å². The van der Waals surface area contributed by atoms with E-state index in [-0.39, 0.29) is 23.5 Å². The number of rotatable bonds is 4. The summed E-state index contributed by atoms with van der Waals surface area (Å²) in [5, 5.41) is 0. The largest absolute Gasteiger partial charge is 0.337 e. The Balaban J connectivity index is 2.74. The van der Waals surface area contributed by atoms with Gasteiger partial charge in [-0.3, -0.25) is 0 Å². The average Bonchev–Trinajstić information content (AvgIpc) is 2.26. The smallest absolute Gasteiger partial charge is 0.128 e. The number of halogens is 1. The maximum absolute atomic E-state index is 13.5. The molecule has 0 aliphatic heterocycles. The van der Waals surface area contributed by atoms with Crippen LogP contribution in [0, 0.1) is 11.2 Å². The first-order valence-corrected chi connectivity index (χ1v) is 9.79. The van der Waals surface area contributed by atoms with Crippen molar-refractivity contribution in [2.24, 2.45) is 5.41 Å². The lowest BCUT2D eigenvalue weighted by Crippen LogP contribution is -2.22. The van der Waals surface area contributed by atoms with E-state index in [2.05, 4.69) is 39.9 Å². The molecule has 18 heavy (non-hydrogen) atoms. The molecule has 0 saturated carbocycles. The minimum Gasteiger partial charge on any atom is -0.337 e. The summed E-state index contributed by atoms with van der Waals surface area (Å²) >= 11 is 10.0. The normalized spacial score (nSPS) is 17.2. The van der Waals surface area contributed by atoms with Gasteiger partial charge in [-0.25, -0.2) is 4.39 Å². The molecule has 1 aromatic rings. The minimum absolute atomic E-state index is 0.0342. The third kappa shape index (κ3) is 4.34. The van der Waals surface area contributed by atoms with Crippen LogP contribution in [0.3, 0.4) is 0 Å². The predicted molar refractivity (Wildman–Crippen MR) is 83.4 cm³/mol. The van der Waals surface area contributed by atoms with Gasteiger partial charge in [-0.05, 0) is 11.5 Å². The monoisotopic (exact) mass is 306 g/mol. The van der Waals surface area contributed by atoms with Crippen molar-refractivity contribution in [1.82, 2.24) is 0 Å². The maximum Gasteiger partial charge on any atom is 0.128 e. The fraction of sp³-hybridized carbons (Fsp3) is 0.538. The van der Waals surface area contributed by atoms with E-state index in [9.17, 15) is 4.39 Å². The van der Waals surface area contributed by atoms with Gasteiger partial charge in [0.05, 0.1) is 6.61 Å². The van der Waals surface area contributed by atoms with Gasteiger partial charge in [0.1, 0.15) is 11.3 Å². The zero-order chi connectivity index (χ0) is 14.0. The molecule has 1 nitrogen and oxygen atoms in total. The van der Waals surface area contributed by atoms with E-state index in [0.29, 0.717) is 5.56 Å². The second-order valence-corrected chi connectivity index (χ2v) is 11.9. The van der Waals surface area contributed by atoms with Crippen LogP contribution in [0.2, 0.25) is 0 Å². The molecule has 0 amide bonds. The summed E-state index contributed by atoms with van der Waals surface area (Å²) < 4.78 is 19.2. The molecule has 0 bridgehead atoms. The molecule has 102 valence electrons. The number of benzene rings is 1. The van der Waals surface area contributed by atoms with E-state index < -0.39 is 5.47 Å². The first-order valence-electron chi connectivity index (χ1n) is 5.85. The molecule has 0 spiro atoms. The highest BCUT2D eigenvalue weighted by molar-refractivity contribution is 8.62. The molecule has 0 aliphatic rings. The van der Waals surface area contributed by atoms with Crippen molar-refractivity contribution in [3.05, 3.63) is 35.6 Å². The van der Waals surface area contributed by atoms with Crippen LogP contribution in [0.15, 0.2) is 24.3 Å². The summed E-state index contributed by atoms with van der Waals surface area (Å²) in [5.74, 6) is -0.260. The van der Waals surface area contributed by atoms with Crippen molar-refractivity contribution >= 4 is 29.5 Å². The van der Waals surface area contributed by atoms with Gasteiger partial charge in [0.15, 0.2) is 0 Å². The van der Waals surface area contributed by atoms with Crippen LogP contribution in [0.25, 0.3) is 0 Å². The highest BCUT2D eigenvalue weighted by Crippen LogP contribution is 2.61. The molecule has 1 unspecified atom stereocenters. The Labute approximate surface area is 119 Å². The Morgan fingerprint density at radius 1 is 1.39 bits per heavy atom. The van der Waals surface area contributed by atoms with Crippen molar-refractivity contribution in [2.45, 2.75) is 40.0 Å². The summed E-state index contributed by atoms with van der Waals surface area (Å²) in [6.45, 7) is 8.58. The summed E-state index contributed by atoms with van der Waals surface area (Å²) in [6.07, 6.45) is 0. The van der Waals surface area contributed by atoms with Crippen LogP contribution in [-0.4, -0.2) is 5.66 Å². The summed E-state index contributed by atoms with van der Waals surface area (Å²) in [6, 6.07) is 6.58. The first kappa shape index (κ1) is 16.2. The van der Waals surface area contributed by atoms with Crippen LogP contribution in [0.5, 0.6) is 0 Å². The van der Waals surface area contributed by atoms with Crippen molar-refractivity contribution in [2.75, 3.05) is 0 Å². The summed E-state index contributed by atoms with van der Waals surface area (Å²) in [4.78, 5) is 0. The van der Waals surface area contributed by atoms with Gasteiger partial charge in [0, 0.05) is 11.2 Å². The van der Waals surface area contributed by atoms with Gasteiger partial charge in [0.2, 0.25) is 0 Å². The van der Waals surface area contributed by atoms with Gasteiger partial charge in [-0.15, -0.1) is 12.2 Å². The SMILES string of the molecule is C[C@@H](C(C)(C)C)P(=S)(S)OCc1ccccc1F. The number of hydrogen-bond donors (Lipinski definition) is 1. The Hall–Kier alpha value is 0.110. The van der Waals surface area contributed by atoms with E-state index in [0.717, 1.165) is 0 Å². The molecule has 1 rings (SSSR count).